The van der Waals surface area contributed by atoms with Crippen molar-refractivity contribution in [2.45, 2.75) is 19.9 Å². The topological polar surface area (TPSA) is 93.4 Å². The lowest BCUT2D eigenvalue weighted by Gasteiger charge is -2.22. The van der Waals surface area contributed by atoms with E-state index in [9.17, 15) is 14.3 Å². The number of halogens is 2. The Morgan fingerprint density at radius 1 is 1.27 bits per heavy atom. The number of aromatic nitrogens is 4. The van der Waals surface area contributed by atoms with E-state index in [4.69, 9.17) is 16.3 Å². The number of benzene rings is 1. The van der Waals surface area contributed by atoms with Gasteiger partial charge in [0.05, 0.1) is 24.5 Å². The molecule has 0 saturated heterocycles. The molecule has 1 aliphatic heterocycles. The van der Waals surface area contributed by atoms with Crippen LogP contribution in [0.3, 0.4) is 0 Å². The van der Waals surface area contributed by atoms with Crippen molar-refractivity contribution in [1.29, 1.82) is 0 Å². The molecule has 0 radical (unpaired) electrons. The molecule has 0 unspecified atom stereocenters. The van der Waals surface area contributed by atoms with Crippen LogP contribution in [0.2, 0.25) is 5.15 Å². The third-order valence-electron chi connectivity index (χ3n) is 5.74. The first-order chi connectivity index (χ1) is 15.8. The zero-order valence-corrected chi connectivity index (χ0v) is 18.6. The fraction of sp³-hybridized carbons (Fsp3) is 0.217. The van der Waals surface area contributed by atoms with Crippen LogP contribution in [0.25, 0.3) is 22.0 Å². The van der Waals surface area contributed by atoms with Crippen LogP contribution in [-0.4, -0.2) is 37.6 Å². The van der Waals surface area contributed by atoms with Gasteiger partial charge in [0.25, 0.3) is 0 Å². The second-order valence-corrected chi connectivity index (χ2v) is 8.20. The number of carboxylic acid groups (broad SMARTS) is 1. The first-order valence-electron chi connectivity index (χ1n) is 10.2. The maximum atomic E-state index is 14.7. The molecule has 0 atom stereocenters. The van der Waals surface area contributed by atoms with Crippen LogP contribution < -0.4 is 9.64 Å². The van der Waals surface area contributed by atoms with Crippen LogP contribution in [0.15, 0.2) is 36.7 Å². The summed E-state index contributed by atoms with van der Waals surface area (Å²) in [6.07, 6.45) is 2.31. The number of carbonyl (C=O) groups is 1. The Bertz CT molecular complexity index is 1420. The van der Waals surface area contributed by atoms with Crippen LogP contribution in [-0.2, 0) is 20.0 Å². The van der Waals surface area contributed by atoms with E-state index in [0.29, 0.717) is 35.1 Å². The van der Waals surface area contributed by atoms with Crippen molar-refractivity contribution in [3.05, 3.63) is 64.5 Å². The van der Waals surface area contributed by atoms with Crippen molar-refractivity contribution in [3.8, 4) is 17.0 Å². The third kappa shape index (κ3) is 3.64. The quantitative estimate of drug-likeness (QED) is 0.435. The largest absolute Gasteiger partial charge is 0.493 e. The van der Waals surface area contributed by atoms with E-state index >= 15 is 0 Å². The van der Waals surface area contributed by atoms with Gasteiger partial charge in [0.1, 0.15) is 22.5 Å². The second kappa shape index (κ2) is 8.00. The second-order valence-electron chi connectivity index (χ2n) is 7.81. The van der Waals surface area contributed by atoms with Gasteiger partial charge < -0.3 is 9.84 Å². The Hall–Kier alpha value is -3.72. The van der Waals surface area contributed by atoms with Crippen molar-refractivity contribution < 1.29 is 19.0 Å². The van der Waals surface area contributed by atoms with E-state index in [2.05, 4.69) is 15.1 Å². The molecule has 1 N–H and O–H groups in total. The van der Waals surface area contributed by atoms with Gasteiger partial charge in [-0.1, -0.05) is 11.6 Å². The molecule has 4 aromatic rings. The Morgan fingerprint density at radius 2 is 2.09 bits per heavy atom. The predicted molar refractivity (Wildman–Crippen MR) is 121 cm³/mol. The van der Waals surface area contributed by atoms with Crippen LogP contribution in [0, 0.1) is 12.7 Å². The Labute approximate surface area is 193 Å². The minimum atomic E-state index is -1.27. The summed E-state index contributed by atoms with van der Waals surface area (Å²) in [4.78, 5) is 21.9. The van der Waals surface area contributed by atoms with E-state index in [-0.39, 0.29) is 23.1 Å². The highest BCUT2D eigenvalue weighted by Gasteiger charge is 2.27. The molecule has 1 amide bonds. The molecular weight excluding hydrogens is 449 g/mol. The fourth-order valence-corrected chi connectivity index (χ4v) is 4.41. The van der Waals surface area contributed by atoms with Gasteiger partial charge in [-0.3, -0.25) is 9.58 Å². The number of fused-ring (bicyclic) bond motifs is 2. The van der Waals surface area contributed by atoms with Gasteiger partial charge in [0, 0.05) is 53.3 Å². The minimum Gasteiger partial charge on any atom is -0.493 e. The Kier molecular flexibility index (Phi) is 5.13. The number of anilines is 1. The van der Waals surface area contributed by atoms with Crippen molar-refractivity contribution in [3.63, 3.8) is 0 Å². The Balaban J connectivity index is 1.68. The summed E-state index contributed by atoms with van der Waals surface area (Å²) in [5.74, 6) is 0.225. The van der Waals surface area contributed by atoms with Gasteiger partial charge in [0.2, 0.25) is 0 Å². The molecule has 3 aromatic heterocycles. The van der Waals surface area contributed by atoms with Crippen molar-refractivity contribution in [2.75, 3.05) is 11.5 Å². The lowest BCUT2D eigenvalue weighted by Crippen LogP contribution is -2.30. The minimum absolute atomic E-state index is 0.139. The van der Waals surface area contributed by atoms with Crippen molar-refractivity contribution >= 4 is 34.3 Å². The molecule has 4 heterocycles. The van der Waals surface area contributed by atoms with Crippen molar-refractivity contribution in [2.24, 2.45) is 7.05 Å². The number of rotatable bonds is 4. The van der Waals surface area contributed by atoms with Crippen LogP contribution in [0.1, 0.15) is 16.8 Å². The average molecular weight is 468 g/mol. The predicted octanol–water partition coefficient (Wildman–Crippen LogP) is 4.75. The fourth-order valence-electron chi connectivity index (χ4n) is 4.26. The number of amides is 1. The van der Waals surface area contributed by atoms with E-state index in [1.54, 1.807) is 23.0 Å². The highest BCUT2D eigenvalue weighted by molar-refractivity contribution is 6.30. The lowest BCUT2D eigenvalue weighted by atomic mass is 10.0. The maximum absolute atomic E-state index is 14.7. The molecule has 8 nitrogen and oxygen atoms in total. The van der Waals surface area contributed by atoms with Gasteiger partial charge >= 0.3 is 6.09 Å². The van der Waals surface area contributed by atoms with Crippen molar-refractivity contribution in [1.82, 2.24) is 19.7 Å². The van der Waals surface area contributed by atoms with E-state index < -0.39 is 11.9 Å². The summed E-state index contributed by atoms with van der Waals surface area (Å²) >= 11 is 6.18. The van der Waals surface area contributed by atoms with E-state index in [0.717, 1.165) is 21.9 Å². The highest BCUT2D eigenvalue weighted by atomic mass is 35.5. The molecule has 33 heavy (non-hydrogen) atoms. The summed E-state index contributed by atoms with van der Waals surface area (Å²) in [5.41, 5.74) is 3.30. The molecule has 0 fully saturated rings. The van der Waals surface area contributed by atoms with Crippen LogP contribution in [0.4, 0.5) is 15.0 Å². The zero-order valence-electron chi connectivity index (χ0n) is 17.8. The monoisotopic (exact) mass is 467 g/mol. The SMILES string of the molecule is Cc1cc(-c2cnc(N(Cc3c(F)ccc4c3CCO4)C(=O)O)c3cnc(Cl)cc23)n(C)n1. The smallest absolute Gasteiger partial charge is 0.413 e. The first kappa shape index (κ1) is 21.1. The molecule has 5 rings (SSSR count). The van der Waals surface area contributed by atoms with Crippen LogP contribution in [0.5, 0.6) is 5.75 Å². The maximum Gasteiger partial charge on any atom is 0.413 e. The molecule has 0 saturated carbocycles. The highest BCUT2D eigenvalue weighted by Crippen LogP contribution is 2.36. The van der Waals surface area contributed by atoms with Gasteiger partial charge in [-0.2, -0.15) is 5.10 Å². The van der Waals surface area contributed by atoms with Gasteiger partial charge in [0.15, 0.2) is 0 Å². The van der Waals surface area contributed by atoms with Crippen LogP contribution >= 0.6 is 11.6 Å². The molecule has 10 heteroatoms. The third-order valence-corrected chi connectivity index (χ3v) is 5.95. The molecule has 0 bridgehead atoms. The number of hydrogen-bond donors (Lipinski definition) is 1. The number of nitrogens with zero attached hydrogens (tertiary/aromatic N) is 5. The summed E-state index contributed by atoms with van der Waals surface area (Å²) in [5, 5.41) is 15.8. The molecular formula is C23H19ClFN5O3. The molecule has 1 aromatic carbocycles. The lowest BCUT2D eigenvalue weighted by molar-refractivity contribution is 0.201. The van der Waals surface area contributed by atoms with Gasteiger partial charge in [-0.15, -0.1) is 0 Å². The first-order valence-corrected chi connectivity index (χ1v) is 10.6. The average Bonchev–Trinajstić information content (AvgIpc) is 3.38. The molecule has 1 aliphatic rings. The summed E-state index contributed by atoms with van der Waals surface area (Å²) in [7, 11) is 1.81. The molecule has 168 valence electrons. The summed E-state index contributed by atoms with van der Waals surface area (Å²) in [6.45, 7) is 2.09. The number of hydrogen-bond acceptors (Lipinski definition) is 5. The van der Waals surface area contributed by atoms with Gasteiger partial charge in [-0.05, 0) is 31.2 Å². The molecule has 0 spiro atoms. The Morgan fingerprint density at radius 3 is 2.82 bits per heavy atom. The van der Waals surface area contributed by atoms with E-state index in [1.165, 1.54) is 12.3 Å². The van der Waals surface area contributed by atoms with E-state index in [1.807, 2.05) is 20.0 Å². The normalized spacial score (nSPS) is 12.6. The van der Waals surface area contributed by atoms with Gasteiger partial charge in [-0.25, -0.2) is 19.2 Å². The number of ether oxygens (including phenoxy) is 1. The molecule has 0 aliphatic carbocycles. The summed E-state index contributed by atoms with van der Waals surface area (Å²) in [6, 6.07) is 6.42. The summed E-state index contributed by atoms with van der Waals surface area (Å²) < 4.78 is 22.0. The number of aryl methyl sites for hydroxylation is 2. The standard InChI is InChI=1S/C23H19ClFN5O3/c1-12-7-19(29(2)28-12)15-9-27-22(16-10-26-21(24)8-14(15)16)30(23(31)32)11-17-13-5-6-33-20(13)4-3-18(17)25/h3-4,7-10H,5-6,11H2,1-2H3,(H,31,32). The zero-order chi connectivity index (χ0) is 23.3. The number of pyridine rings is 2.